The molecule has 2 rings (SSSR count). The number of carbonyl (C=O) groups is 1. The SMILES string of the molecule is NC(=O)N(O)CC1=Cc2cc(Br)ccc2OC1. The zero-order chi connectivity index (χ0) is 12.4. The molecule has 0 saturated heterocycles. The summed E-state index contributed by atoms with van der Waals surface area (Å²) < 4.78 is 6.43. The number of urea groups is 1. The number of nitrogens with two attached hydrogens (primary N) is 1. The van der Waals surface area contributed by atoms with Crippen molar-refractivity contribution in [2.45, 2.75) is 0 Å². The molecule has 6 heteroatoms. The van der Waals surface area contributed by atoms with Gasteiger partial charge in [-0.2, -0.15) is 0 Å². The summed E-state index contributed by atoms with van der Waals surface area (Å²) in [5.74, 6) is 0.778. The van der Waals surface area contributed by atoms with Gasteiger partial charge in [-0.3, -0.25) is 5.21 Å². The highest BCUT2D eigenvalue weighted by atomic mass is 79.9. The highest BCUT2D eigenvalue weighted by Gasteiger charge is 2.15. The fraction of sp³-hybridized carbons (Fsp3) is 0.182. The Balaban J connectivity index is 2.20. The quantitative estimate of drug-likeness (QED) is 0.648. The van der Waals surface area contributed by atoms with Crippen molar-refractivity contribution in [2.24, 2.45) is 5.73 Å². The first kappa shape index (κ1) is 11.9. The minimum atomic E-state index is -0.883. The highest BCUT2D eigenvalue weighted by Crippen LogP contribution is 2.29. The number of fused-ring (bicyclic) bond motifs is 1. The second kappa shape index (κ2) is 4.77. The van der Waals surface area contributed by atoms with Crippen LogP contribution in [-0.4, -0.2) is 29.5 Å². The predicted molar refractivity (Wildman–Crippen MR) is 65.7 cm³/mol. The van der Waals surface area contributed by atoms with Gasteiger partial charge in [-0.05, 0) is 29.8 Å². The topological polar surface area (TPSA) is 75.8 Å². The maximum absolute atomic E-state index is 10.7. The zero-order valence-corrected chi connectivity index (χ0v) is 10.5. The maximum Gasteiger partial charge on any atom is 0.338 e. The number of ether oxygens (including phenoxy) is 1. The van der Waals surface area contributed by atoms with E-state index < -0.39 is 6.03 Å². The Labute approximate surface area is 107 Å². The fourth-order valence-corrected chi connectivity index (χ4v) is 1.94. The van der Waals surface area contributed by atoms with Gasteiger partial charge in [-0.15, -0.1) is 0 Å². The average Bonchev–Trinajstić information content (AvgIpc) is 2.28. The van der Waals surface area contributed by atoms with Crippen LogP contribution in [0, 0.1) is 0 Å². The minimum absolute atomic E-state index is 0.0429. The lowest BCUT2D eigenvalue weighted by molar-refractivity contribution is -0.0321. The van der Waals surface area contributed by atoms with Crippen LogP contribution in [0.4, 0.5) is 4.79 Å². The second-order valence-corrected chi connectivity index (χ2v) is 4.58. The van der Waals surface area contributed by atoms with Crippen LogP contribution in [-0.2, 0) is 0 Å². The van der Waals surface area contributed by atoms with Crippen molar-refractivity contribution in [3.8, 4) is 5.75 Å². The summed E-state index contributed by atoms with van der Waals surface area (Å²) in [6, 6.07) is 4.77. The fourth-order valence-electron chi connectivity index (χ4n) is 1.56. The van der Waals surface area contributed by atoms with E-state index in [1.165, 1.54) is 0 Å². The number of rotatable bonds is 2. The van der Waals surface area contributed by atoms with E-state index in [0.29, 0.717) is 11.7 Å². The molecular weight excluding hydrogens is 288 g/mol. The lowest BCUT2D eigenvalue weighted by Crippen LogP contribution is -2.35. The summed E-state index contributed by atoms with van der Waals surface area (Å²) in [5, 5.41) is 9.69. The molecule has 1 aliphatic rings. The first-order chi connectivity index (χ1) is 8.06. The van der Waals surface area contributed by atoms with E-state index in [9.17, 15) is 10.0 Å². The van der Waals surface area contributed by atoms with Gasteiger partial charge < -0.3 is 10.5 Å². The van der Waals surface area contributed by atoms with Gasteiger partial charge in [0.1, 0.15) is 12.4 Å². The summed E-state index contributed by atoms with van der Waals surface area (Å²) in [7, 11) is 0. The minimum Gasteiger partial charge on any atom is -0.489 e. The van der Waals surface area contributed by atoms with Crippen LogP contribution >= 0.6 is 15.9 Å². The molecule has 0 aromatic heterocycles. The van der Waals surface area contributed by atoms with Crippen LogP contribution in [0.5, 0.6) is 5.75 Å². The highest BCUT2D eigenvalue weighted by molar-refractivity contribution is 9.10. The zero-order valence-electron chi connectivity index (χ0n) is 8.89. The Morgan fingerprint density at radius 2 is 2.35 bits per heavy atom. The molecule has 3 N–H and O–H groups in total. The molecule has 0 aliphatic carbocycles. The molecule has 1 heterocycles. The molecule has 0 bridgehead atoms. The number of primary amides is 1. The molecule has 2 amide bonds. The number of benzene rings is 1. The van der Waals surface area contributed by atoms with E-state index in [1.54, 1.807) is 0 Å². The maximum atomic E-state index is 10.7. The van der Waals surface area contributed by atoms with Crippen LogP contribution < -0.4 is 10.5 Å². The van der Waals surface area contributed by atoms with Crippen molar-refractivity contribution in [3.05, 3.63) is 33.8 Å². The monoisotopic (exact) mass is 298 g/mol. The Morgan fingerprint density at radius 3 is 3.06 bits per heavy atom. The van der Waals surface area contributed by atoms with Gasteiger partial charge in [0.15, 0.2) is 0 Å². The van der Waals surface area contributed by atoms with Gasteiger partial charge in [-0.1, -0.05) is 15.9 Å². The van der Waals surface area contributed by atoms with E-state index in [2.05, 4.69) is 15.9 Å². The molecule has 17 heavy (non-hydrogen) atoms. The van der Waals surface area contributed by atoms with E-state index in [1.807, 2.05) is 24.3 Å². The molecule has 1 aromatic carbocycles. The number of hydrogen-bond donors (Lipinski definition) is 2. The summed E-state index contributed by atoms with van der Waals surface area (Å²) in [5.41, 5.74) is 6.61. The Kier molecular flexibility index (Phi) is 3.35. The van der Waals surface area contributed by atoms with Gasteiger partial charge in [0.25, 0.3) is 0 Å². The molecule has 0 spiro atoms. The molecule has 0 saturated carbocycles. The largest absolute Gasteiger partial charge is 0.489 e. The molecule has 1 aliphatic heterocycles. The number of nitrogens with zero attached hydrogens (tertiary/aromatic N) is 1. The molecule has 90 valence electrons. The number of halogens is 1. The first-order valence-corrected chi connectivity index (χ1v) is 5.73. The third-order valence-electron chi connectivity index (χ3n) is 2.35. The Morgan fingerprint density at radius 1 is 1.59 bits per heavy atom. The Hall–Kier alpha value is -1.53. The predicted octanol–water partition coefficient (Wildman–Crippen LogP) is 1.99. The van der Waals surface area contributed by atoms with Crippen molar-refractivity contribution in [1.82, 2.24) is 5.06 Å². The van der Waals surface area contributed by atoms with Gasteiger partial charge >= 0.3 is 6.03 Å². The third kappa shape index (κ3) is 2.78. The molecule has 1 aromatic rings. The first-order valence-electron chi connectivity index (χ1n) is 4.94. The standard InChI is InChI=1S/C11H11BrN2O3/c12-9-1-2-10-8(4-9)3-7(6-17-10)5-14(16)11(13)15/h1-4,16H,5-6H2,(H2,13,15). The van der Waals surface area contributed by atoms with E-state index in [-0.39, 0.29) is 6.54 Å². The lowest BCUT2D eigenvalue weighted by Gasteiger charge is -2.20. The molecule has 0 atom stereocenters. The van der Waals surface area contributed by atoms with Crippen LogP contribution in [0.15, 0.2) is 28.2 Å². The third-order valence-corrected chi connectivity index (χ3v) is 2.85. The molecule has 0 radical (unpaired) electrons. The second-order valence-electron chi connectivity index (χ2n) is 3.67. The van der Waals surface area contributed by atoms with Crippen LogP contribution in [0.3, 0.4) is 0 Å². The number of hydrogen-bond acceptors (Lipinski definition) is 3. The average molecular weight is 299 g/mol. The number of carbonyl (C=O) groups excluding carboxylic acids is 1. The van der Waals surface area contributed by atoms with Gasteiger partial charge in [0.2, 0.25) is 0 Å². The molecule has 0 unspecified atom stereocenters. The normalized spacial score (nSPS) is 13.4. The van der Waals surface area contributed by atoms with E-state index >= 15 is 0 Å². The molecule has 5 nitrogen and oxygen atoms in total. The van der Waals surface area contributed by atoms with Crippen molar-refractivity contribution < 1.29 is 14.7 Å². The van der Waals surface area contributed by atoms with Crippen molar-refractivity contribution >= 4 is 28.0 Å². The van der Waals surface area contributed by atoms with E-state index in [4.69, 9.17) is 10.5 Å². The van der Waals surface area contributed by atoms with Gasteiger partial charge in [0.05, 0.1) is 6.54 Å². The van der Waals surface area contributed by atoms with Crippen LogP contribution in [0.25, 0.3) is 6.08 Å². The van der Waals surface area contributed by atoms with E-state index in [0.717, 1.165) is 21.4 Å². The van der Waals surface area contributed by atoms with Crippen LogP contribution in [0.1, 0.15) is 5.56 Å². The van der Waals surface area contributed by atoms with Crippen molar-refractivity contribution in [1.29, 1.82) is 0 Å². The Bertz CT molecular complexity index is 488. The van der Waals surface area contributed by atoms with Crippen molar-refractivity contribution in [3.63, 3.8) is 0 Å². The van der Waals surface area contributed by atoms with Crippen LogP contribution in [0.2, 0.25) is 0 Å². The van der Waals surface area contributed by atoms with Gasteiger partial charge in [-0.25, -0.2) is 9.86 Å². The summed E-state index contributed by atoms with van der Waals surface area (Å²) in [4.78, 5) is 10.7. The molecular formula is C11H11BrN2O3. The molecule has 0 fully saturated rings. The lowest BCUT2D eigenvalue weighted by atomic mass is 10.1. The summed E-state index contributed by atoms with van der Waals surface area (Å²) >= 11 is 3.37. The summed E-state index contributed by atoms with van der Waals surface area (Å²) in [6.07, 6.45) is 1.87. The number of amides is 2. The van der Waals surface area contributed by atoms with Gasteiger partial charge in [0, 0.05) is 10.0 Å². The number of hydroxylamine groups is 2. The summed E-state index contributed by atoms with van der Waals surface area (Å²) in [6.45, 7) is 0.375. The smallest absolute Gasteiger partial charge is 0.338 e. The van der Waals surface area contributed by atoms with Crippen molar-refractivity contribution in [2.75, 3.05) is 13.2 Å².